The van der Waals surface area contributed by atoms with E-state index >= 15 is 0 Å². The van der Waals surface area contributed by atoms with Gasteiger partial charge in [0.15, 0.2) is 0 Å². The molecule has 0 aliphatic rings. The van der Waals surface area contributed by atoms with Crippen LogP contribution in [0.2, 0.25) is 0 Å². The highest BCUT2D eigenvalue weighted by molar-refractivity contribution is 5.16. The number of likely N-dealkylation sites (N-methyl/N-ethyl adjacent to an activating group) is 1. The van der Waals surface area contributed by atoms with Crippen molar-refractivity contribution in [2.45, 2.75) is 6.61 Å². The largest absolute Gasteiger partial charge is 0.476 e. The topological polar surface area (TPSA) is 54.8 Å². The molecule has 0 radical (unpaired) electrons. The zero-order valence-corrected chi connectivity index (χ0v) is 9.01. The van der Waals surface area contributed by atoms with Gasteiger partial charge in [0.1, 0.15) is 6.61 Å². The minimum atomic E-state index is -0.000305. The van der Waals surface area contributed by atoms with Crippen LogP contribution in [-0.4, -0.2) is 42.5 Å². The van der Waals surface area contributed by atoms with Crippen molar-refractivity contribution in [3.63, 3.8) is 0 Å². The number of hydrogen-bond donors (Lipinski definition) is 1. The van der Waals surface area contributed by atoms with Gasteiger partial charge in [0.2, 0.25) is 5.88 Å². The van der Waals surface area contributed by atoms with Crippen LogP contribution in [0.1, 0.15) is 5.56 Å². The summed E-state index contributed by atoms with van der Waals surface area (Å²) < 4.78 is 5.36. The fourth-order valence-corrected chi connectivity index (χ4v) is 0.960. The highest BCUT2D eigenvalue weighted by Crippen LogP contribution is 2.07. The van der Waals surface area contributed by atoms with E-state index in [1.54, 1.807) is 30.5 Å². The Morgan fingerprint density at radius 1 is 1.47 bits per heavy atom. The summed E-state index contributed by atoms with van der Waals surface area (Å²) in [6.07, 6.45) is 1.59. The van der Waals surface area contributed by atoms with Gasteiger partial charge in [-0.3, -0.25) is 0 Å². The van der Waals surface area contributed by atoms with E-state index in [2.05, 4.69) is 4.98 Å². The van der Waals surface area contributed by atoms with E-state index in [1.807, 2.05) is 7.05 Å². The predicted octanol–water partition coefficient (Wildman–Crippen LogP) is 0.446. The fraction of sp³-hybridized carbons (Fsp3) is 0.500. The number of aliphatic hydroxyl groups excluding tert-OH is 1. The van der Waals surface area contributed by atoms with E-state index in [9.17, 15) is 0 Å². The van der Waals surface area contributed by atoms with Crippen molar-refractivity contribution < 1.29 is 14.7 Å². The number of aromatic nitrogens is 1. The standard InChI is InChI=1S/C10H16N2O3/c1-12(14-2)5-6-15-10-4-3-9(8-13)7-11-10/h3-4,7,13H,5-6,8H2,1-2H3. The second-order valence-corrected chi connectivity index (χ2v) is 3.05. The molecule has 0 saturated carbocycles. The zero-order chi connectivity index (χ0) is 11.1. The number of hydroxylamine groups is 2. The summed E-state index contributed by atoms with van der Waals surface area (Å²) in [6.45, 7) is 1.18. The second-order valence-electron chi connectivity index (χ2n) is 3.05. The molecule has 0 unspecified atom stereocenters. The minimum absolute atomic E-state index is 0.000305. The Balaban J connectivity index is 2.31. The number of rotatable bonds is 6. The summed E-state index contributed by atoms with van der Waals surface area (Å²) >= 11 is 0. The SMILES string of the molecule is CON(C)CCOc1ccc(CO)cn1. The third-order valence-corrected chi connectivity index (χ3v) is 1.95. The first-order valence-electron chi connectivity index (χ1n) is 4.70. The molecule has 15 heavy (non-hydrogen) atoms. The van der Waals surface area contributed by atoms with Gasteiger partial charge in [0, 0.05) is 19.3 Å². The maximum Gasteiger partial charge on any atom is 0.213 e. The Morgan fingerprint density at radius 3 is 2.80 bits per heavy atom. The fourth-order valence-electron chi connectivity index (χ4n) is 0.960. The molecule has 0 spiro atoms. The van der Waals surface area contributed by atoms with Crippen LogP contribution in [0.4, 0.5) is 0 Å². The Morgan fingerprint density at radius 2 is 2.27 bits per heavy atom. The van der Waals surface area contributed by atoms with Crippen LogP contribution >= 0.6 is 0 Å². The third-order valence-electron chi connectivity index (χ3n) is 1.95. The van der Waals surface area contributed by atoms with Crippen molar-refractivity contribution in [3.8, 4) is 5.88 Å². The lowest BCUT2D eigenvalue weighted by molar-refractivity contribution is -0.113. The molecule has 1 N–H and O–H groups in total. The Bertz CT molecular complexity index is 277. The quantitative estimate of drug-likeness (QED) is 0.694. The van der Waals surface area contributed by atoms with Crippen LogP contribution < -0.4 is 4.74 Å². The number of pyridine rings is 1. The van der Waals surface area contributed by atoms with E-state index in [0.29, 0.717) is 19.0 Å². The van der Waals surface area contributed by atoms with Gasteiger partial charge >= 0.3 is 0 Å². The average molecular weight is 212 g/mol. The van der Waals surface area contributed by atoms with E-state index in [1.165, 1.54) is 0 Å². The molecule has 5 heteroatoms. The molecule has 0 aromatic carbocycles. The second kappa shape index (κ2) is 6.34. The first kappa shape index (κ1) is 11.9. The molecule has 0 saturated heterocycles. The van der Waals surface area contributed by atoms with Crippen molar-refractivity contribution in [1.82, 2.24) is 10.0 Å². The van der Waals surface area contributed by atoms with Crippen LogP contribution in [-0.2, 0) is 11.4 Å². The first-order chi connectivity index (χ1) is 7.26. The molecule has 1 rings (SSSR count). The molecule has 0 atom stereocenters. The highest BCUT2D eigenvalue weighted by Gasteiger charge is 1.98. The van der Waals surface area contributed by atoms with E-state index in [4.69, 9.17) is 14.7 Å². The average Bonchev–Trinajstić information content (AvgIpc) is 2.29. The minimum Gasteiger partial charge on any atom is -0.476 e. The monoisotopic (exact) mass is 212 g/mol. The van der Waals surface area contributed by atoms with Gasteiger partial charge in [0.05, 0.1) is 20.3 Å². The summed E-state index contributed by atoms with van der Waals surface area (Å²) in [5, 5.41) is 10.5. The summed E-state index contributed by atoms with van der Waals surface area (Å²) in [5.74, 6) is 0.553. The van der Waals surface area contributed by atoms with Crippen LogP contribution in [0.25, 0.3) is 0 Å². The van der Waals surface area contributed by atoms with Crippen molar-refractivity contribution in [2.75, 3.05) is 27.3 Å². The maximum absolute atomic E-state index is 8.81. The molecule has 5 nitrogen and oxygen atoms in total. The van der Waals surface area contributed by atoms with Crippen LogP contribution in [0.15, 0.2) is 18.3 Å². The molecule has 0 amide bonds. The molecule has 1 aromatic heterocycles. The molecule has 1 aromatic rings. The van der Waals surface area contributed by atoms with E-state index in [-0.39, 0.29) is 6.61 Å². The molecular formula is C10H16N2O3. The summed E-state index contributed by atoms with van der Waals surface area (Å²) in [5.41, 5.74) is 0.774. The Hall–Kier alpha value is -1.17. The van der Waals surface area contributed by atoms with Crippen LogP contribution in [0, 0.1) is 0 Å². The normalized spacial score (nSPS) is 10.7. The summed E-state index contributed by atoms with van der Waals surface area (Å²) in [6, 6.07) is 3.51. The zero-order valence-electron chi connectivity index (χ0n) is 9.01. The molecular weight excluding hydrogens is 196 g/mol. The van der Waals surface area contributed by atoms with Gasteiger partial charge in [-0.1, -0.05) is 0 Å². The van der Waals surface area contributed by atoms with Gasteiger partial charge in [0.25, 0.3) is 0 Å². The predicted molar refractivity (Wildman–Crippen MR) is 55.3 cm³/mol. The summed E-state index contributed by atoms with van der Waals surface area (Å²) in [7, 11) is 3.43. The number of aliphatic hydroxyl groups is 1. The Labute approximate surface area is 89.2 Å². The highest BCUT2D eigenvalue weighted by atomic mass is 16.7. The first-order valence-corrected chi connectivity index (χ1v) is 4.70. The lowest BCUT2D eigenvalue weighted by Gasteiger charge is -2.13. The number of ether oxygens (including phenoxy) is 1. The number of nitrogens with zero attached hydrogens (tertiary/aromatic N) is 2. The molecule has 84 valence electrons. The number of hydrogen-bond acceptors (Lipinski definition) is 5. The van der Waals surface area contributed by atoms with E-state index < -0.39 is 0 Å². The molecule has 0 aliphatic heterocycles. The molecule has 1 heterocycles. The van der Waals surface area contributed by atoms with Crippen LogP contribution in [0.3, 0.4) is 0 Å². The van der Waals surface area contributed by atoms with Gasteiger partial charge in [-0.05, 0) is 11.6 Å². The van der Waals surface area contributed by atoms with Gasteiger partial charge in [-0.25, -0.2) is 4.98 Å². The molecule has 0 aliphatic carbocycles. The van der Waals surface area contributed by atoms with Gasteiger partial charge in [-0.15, -0.1) is 0 Å². The lowest BCUT2D eigenvalue weighted by atomic mass is 10.3. The molecule has 0 fully saturated rings. The van der Waals surface area contributed by atoms with E-state index in [0.717, 1.165) is 5.56 Å². The summed E-state index contributed by atoms with van der Waals surface area (Å²) in [4.78, 5) is 8.96. The third kappa shape index (κ3) is 4.24. The van der Waals surface area contributed by atoms with Crippen molar-refractivity contribution in [1.29, 1.82) is 0 Å². The lowest BCUT2D eigenvalue weighted by Crippen LogP contribution is -2.23. The van der Waals surface area contributed by atoms with Gasteiger partial charge in [-0.2, -0.15) is 5.06 Å². The maximum atomic E-state index is 8.81. The molecule has 0 bridgehead atoms. The Kier molecular flexibility index (Phi) is 5.03. The van der Waals surface area contributed by atoms with Crippen molar-refractivity contribution >= 4 is 0 Å². The van der Waals surface area contributed by atoms with Crippen molar-refractivity contribution in [2.24, 2.45) is 0 Å². The van der Waals surface area contributed by atoms with Gasteiger partial charge < -0.3 is 14.7 Å². The smallest absolute Gasteiger partial charge is 0.213 e. The van der Waals surface area contributed by atoms with Crippen LogP contribution in [0.5, 0.6) is 5.88 Å². The van der Waals surface area contributed by atoms with Crippen molar-refractivity contribution in [3.05, 3.63) is 23.9 Å².